The lowest BCUT2D eigenvalue weighted by atomic mass is 9.87. The largest absolute Gasteiger partial charge is 0.476 e. The van der Waals surface area contributed by atoms with Crippen molar-refractivity contribution < 1.29 is 49.6 Å². The average molecular weight is 825 g/mol. The quantitative estimate of drug-likeness (QED) is 0.213. The number of likely N-dealkylation sites (tertiary alicyclic amines) is 2. The summed E-state index contributed by atoms with van der Waals surface area (Å²) in [5, 5.41) is 12.2. The lowest BCUT2D eigenvalue weighted by molar-refractivity contribution is -0.179. The molecule has 0 unspecified atom stereocenters. The fraction of sp³-hybridized carbons (Fsp3) is 0.581. The van der Waals surface area contributed by atoms with Gasteiger partial charge in [-0.05, 0) is 75.9 Å². The predicted molar refractivity (Wildman–Crippen MR) is 176 cm³/mol. The molecule has 0 saturated carbocycles. The van der Waals surface area contributed by atoms with Crippen molar-refractivity contribution in [3.63, 3.8) is 0 Å². The van der Waals surface area contributed by atoms with Crippen molar-refractivity contribution in [3.05, 3.63) is 68.6 Å². The highest BCUT2D eigenvalue weighted by Crippen LogP contribution is 2.33. The summed E-state index contributed by atoms with van der Waals surface area (Å²) in [4.78, 5) is 14.1. The standard InChI is InChI=1S/C15H20BrF2NO.C14H20BrNO.C2HF3O4S/c1-10(2)19-8-7-14(20-15(17)18)13(9-19)11-3-5-12(16)6-4-11;1-10(2)16-8-7-14(17)13(9-16)11-3-5-12(15)6-4-11;3-2(4,1(6)7)10(5,8)9/h3-6,10,13-15H,7-9H2,1-2H3;3-6,10,13-14,17H,7-9H2,1-2H3;(H,6,7)/t2*13-,14+;/m11./s1. The van der Waals surface area contributed by atoms with E-state index in [1.165, 1.54) is 5.56 Å². The number of benzene rings is 2. The topological polar surface area (TPSA) is 107 Å². The molecule has 2 aromatic rings. The Hall–Kier alpha value is -1.69. The van der Waals surface area contributed by atoms with E-state index in [4.69, 9.17) is 9.84 Å². The highest BCUT2D eigenvalue weighted by Gasteiger charge is 2.54. The molecule has 4 atom stereocenters. The summed E-state index contributed by atoms with van der Waals surface area (Å²) in [7, 11) is -6.33. The number of carboxylic acid groups (broad SMARTS) is 1. The van der Waals surface area contributed by atoms with Gasteiger partial charge in [0.2, 0.25) is 0 Å². The summed E-state index contributed by atoms with van der Waals surface area (Å²) in [6.07, 6.45) is 0.902. The number of aliphatic hydroxyl groups excluding tert-OH is 1. The van der Waals surface area contributed by atoms with Gasteiger partial charge in [-0.25, -0.2) is 4.79 Å². The summed E-state index contributed by atoms with van der Waals surface area (Å²) in [6.45, 7) is 9.53. The van der Waals surface area contributed by atoms with E-state index in [9.17, 15) is 39.8 Å². The second kappa shape index (κ2) is 18.3. The van der Waals surface area contributed by atoms with Gasteiger partial charge >= 0.3 is 28.1 Å². The Balaban J connectivity index is 0.000000259. The van der Waals surface area contributed by atoms with Crippen LogP contribution >= 0.6 is 31.9 Å². The first-order valence-corrected chi connectivity index (χ1v) is 17.9. The Bertz CT molecular complexity index is 1370. The number of rotatable bonds is 8. The highest BCUT2D eigenvalue weighted by molar-refractivity contribution is 9.10. The number of nitrogens with zero attached hydrogens (tertiary/aromatic N) is 2. The van der Waals surface area contributed by atoms with E-state index in [1.807, 2.05) is 24.3 Å². The van der Waals surface area contributed by atoms with Crippen LogP contribution in [0.2, 0.25) is 0 Å². The molecule has 0 aliphatic carbocycles. The molecule has 2 N–H and O–H groups in total. The maximum Gasteiger partial charge on any atom is 0.470 e. The predicted octanol–water partition coefficient (Wildman–Crippen LogP) is 7.23. The second-order valence-electron chi connectivity index (χ2n) is 11.8. The molecule has 2 saturated heterocycles. The lowest BCUT2D eigenvalue weighted by Crippen LogP contribution is -2.46. The van der Waals surface area contributed by atoms with Gasteiger partial charge in [0.25, 0.3) is 0 Å². The molecule has 8 nitrogen and oxygen atoms in total. The summed E-state index contributed by atoms with van der Waals surface area (Å²) in [5.74, 6) is -2.79. The maximum atomic E-state index is 12.6. The van der Waals surface area contributed by atoms with E-state index in [-0.39, 0.29) is 17.9 Å². The van der Waals surface area contributed by atoms with Crippen LogP contribution in [-0.4, -0.2) is 96.7 Å². The van der Waals surface area contributed by atoms with Gasteiger partial charge in [0.15, 0.2) is 0 Å². The number of carboxylic acids is 1. The molecule has 4 rings (SSSR count). The van der Waals surface area contributed by atoms with Crippen molar-refractivity contribution in [1.82, 2.24) is 9.80 Å². The molecule has 2 aliphatic heterocycles. The molecule has 2 heterocycles. The Morgan fingerprint density at radius 1 is 0.851 bits per heavy atom. The first-order chi connectivity index (χ1) is 21.7. The number of carbonyl (C=O) groups is 1. The maximum absolute atomic E-state index is 12.6. The van der Waals surface area contributed by atoms with Gasteiger partial charge in [0.1, 0.15) is 0 Å². The third kappa shape index (κ3) is 12.6. The number of aliphatic hydroxyl groups is 1. The molecule has 16 heteroatoms. The normalized spacial score (nSPS) is 22.8. The van der Waals surface area contributed by atoms with E-state index < -0.39 is 34.2 Å². The van der Waals surface area contributed by atoms with E-state index in [2.05, 4.69) is 93.6 Å². The smallest absolute Gasteiger partial charge is 0.470 e. The molecule has 0 aromatic heterocycles. The van der Waals surface area contributed by atoms with Gasteiger partial charge in [-0.3, -0.25) is 0 Å². The first kappa shape index (κ1) is 41.5. The van der Waals surface area contributed by atoms with Crippen LogP contribution in [0.15, 0.2) is 57.5 Å². The molecule has 266 valence electrons. The van der Waals surface area contributed by atoms with Crippen LogP contribution in [0.5, 0.6) is 0 Å². The van der Waals surface area contributed by atoms with Gasteiger partial charge in [-0.2, -0.15) is 26.0 Å². The number of piperidine rings is 2. The molecule has 47 heavy (non-hydrogen) atoms. The molecular formula is C31H41Br2F5N2O6S. The number of alkyl halides is 4. The van der Waals surface area contributed by atoms with Crippen molar-refractivity contribution in [1.29, 1.82) is 0 Å². The molecule has 0 spiro atoms. The minimum atomic E-state index is -6.33. The van der Waals surface area contributed by atoms with E-state index >= 15 is 0 Å². The van der Waals surface area contributed by atoms with Crippen LogP contribution in [0.25, 0.3) is 0 Å². The number of halogens is 7. The van der Waals surface area contributed by atoms with Gasteiger partial charge in [0.05, 0.1) is 12.2 Å². The van der Waals surface area contributed by atoms with Crippen LogP contribution in [-0.2, 0) is 19.8 Å². The van der Waals surface area contributed by atoms with E-state index in [0.29, 0.717) is 18.5 Å². The molecule has 2 aromatic carbocycles. The zero-order valence-corrected chi connectivity index (χ0v) is 30.4. The minimum Gasteiger partial charge on any atom is -0.476 e. The Morgan fingerprint density at radius 3 is 1.62 bits per heavy atom. The number of hydrogen-bond donors (Lipinski definition) is 2. The Kier molecular flexibility index (Phi) is 16.2. The number of ether oxygens (including phenoxy) is 1. The van der Waals surface area contributed by atoms with Crippen molar-refractivity contribution >= 4 is 48.1 Å². The van der Waals surface area contributed by atoms with Crippen LogP contribution in [0, 0.1) is 0 Å². The molecule has 0 radical (unpaired) electrons. The monoisotopic (exact) mass is 822 g/mol. The van der Waals surface area contributed by atoms with Gasteiger partial charge in [-0.1, -0.05) is 60.0 Å². The summed E-state index contributed by atoms with van der Waals surface area (Å²) >= 11 is 6.85. The lowest BCUT2D eigenvalue weighted by Gasteiger charge is -2.40. The number of aliphatic carboxylic acids is 1. The van der Waals surface area contributed by atoms with Crippen LogP contribution in [0.3, 0.4) is 0 Å². The van der Waals surface area contributed by atoms with Crippen molar-refractivity contribution in [3.8, 4) is 0 Å². The molecule has 0 amide bonds. The summed E-state index contributed by atoms with van der Waals surface area (Å²) in [6, 6.07) is 17.2. The first-order valence-electron chi connectivity index (χ1n) is 14.9. The molecule has 0 bridgehead atoms. The third-order valence-corrected chi connectivity index (χ3v) is 9.92. The zero-order valence-electron chi connectivity index (χ0n) is 26.4. The third-order valence-electron chi connectivity index (χ3n) is 8.08. The fourth-order valence-corrected chi connectivity index (χ4v) is 6.06. The van der Waals surface area contributed by atoms with Gasteiger partial charge in [0, 0.05) is 59.0 Å². The number of hydrogen-bond acceptors (Lipinski definition) is 7. The summed E-state index contributed by atoms with van der Waals surface area (Å²) < 4.78 is 84.9. The van der Waals surface area contributed by atoms with Crippen molar-refractivity contribution in [2.24, 2.45) is 0 Å². The minimum absolute atomic E-state index is 0.00625. The van der Waals surface area contributed by atoms with Crippen molar-refractivity contribution in [2.75, 3.05) is 26.2 Å². The molecular weight excluding hydrogens is 783 g/mol. The van der Waals surface area contributed by atoms with Crippen LogP contribution in [0.4, 0.5) is 21.4 Å². The molecule has 2 fully saturated rings. The van der Waals surface area contributed by atoms with Crippen LogP contribution in [0.1, 0.15) is 63.5 Å². The summed E-state index contributed by atoms with van der Waals surface area (Å²) in [5.41, 5.74) is 2.30. The van der Waals surface area contributed by atoms with E-state index in [1.54, 1.807) is 0 Å². The fourth-order valence-electron chi connectivity index (χ4n) is 5.33. The Morgan fingerprint density at radius 2 is 1.26 bits per heavy atom. The second-order valence-corrected chi connectivity index (χ2v) is 15.1. The van der Waals surface area contributed by atoms with Gasteiger partial charge in [-0.15, -0.1) is 0 Å². The van der Waals surface area contributed by atoms with E-state index in [0.717, 1.165) is 47.1 Å². The highest BCUT2D eigenvalue weighted by atomic mass is 79.9. The zero-order chi connectivity index (χ0) is 35.7. The average Bonchev–Trinajstić information content (AvgIpc) is 2.98. The van der Waals surface area contributed by atoms with Crippen LogP contribution < -0.4 is 0 Å². The van der Waals surface area contributed by atoms with Gasteiger partial charge < -0.3 is 24.7 Å². The SMILES string of the molecule is CC(C)N1CC[C@H](O)[C@@H](c2ccc(Br)cc2)C1.CC(C)N1CC[C@H](OC(F)F)[C@@H](c2ccc(Br)cc2)C1.O=C(O)C(F)(F)S(=O)(=O)F. The molecule has 2 aliphatic rings. The van der Waals surface area contributed by atoms with Crippen molar-refractivity contribution in [2.45, 2.75) is 88.5 Å². The Labute approximate surface area is 289 Å².